The maximum atomic E-state index is 12.4. The monoisotopic (exact) mass is 217 g/mol. The highest BCUT2D eigenvalue weighted by molar-refractivity contribution is 5.92. The first-order valence-electron chi connectivity index (χ1n) is 5.49. The molecule has 0 N–H and O–H groups in total. The van der Waals surface area contributed by atoms with Crippen molar-refractivity contribution in [1.82, 2.24) is 5.06 Å². The van der Waals surface area contributed by atoms with Crippen LogP contribution in [0, 0.1) is 0 Å². The van der Waals surface area contributed by atoms with E-state index in [9.17, 15) is 5.21 Å². The van der Waals surface area contributed by atoms with Gasteiger partial charge in [0.1, 0.15) is 0 Å². The van der Waals surface area contributed by atoms with Crippen molar-refractivity contribution in [3.8, 4) is 0 Å². The molecule has 85 valence electrons. The Kier molecular flexibility index (Phi) is 2.40. The first-order chi connectivity index (χ1) is 7.39. The predicted molar refractivity (Wildman–Crippen MR) is 63.5 cm³/mol. The molecule has 1 aliphatic heterocycles. The van der Waals surface area contributed by atoms with Gasteiger partial charge in [-0.3, -0.25) is 4.99 Å². The Hall–Kier alpha value is -1.19. The first kappa shape index (κ1) is 11.3. The van der Waals surface area contributed by atoms with Crippen molar-refractivity contribution >= 4 is 5.71 Å². The molecule has 0 saturated carbocycles. The third kappa shape index (κ3) is 1.39. The largest absolute Gasteiger partial charge is 0.263 e. The highest BCUT2D eigenvalue weighted by atomic mass is 16.5. The minimum Gasteiger partial charge on any atom is -0.263 e. The second kappa shape index (κ2) is 3.40. The van der Waals surface area contributed by atoms with Gasteiger partial charge in [0.05, 0.1) is 5.54 Å². The van der Waals surface area contributed by atoms with Gasteiger partial charge in [-0.2, -0.15) is 0 Å². The average molecular weight is 217 g/mol. The molecule has 1 aromatic rings. The molecular weight excluding hydrogens is 200 g/mol. The van der Waals surface area contributed by atoms with Gasteiger partial charge in [-0.15, -0.1) is 10.3 Å². The van der Waals surface area contributed by atoms with Crippen LogP contribution in [0.25, 0.3) is 0 Å². The lowest BCUT2D eigenvalue weighted by Crippen LogP contribution is -2.48. The second-order valence-corrected chi connectivity index (χ2v) is 4.94. The van der Waals surface area contributed by atoms with Crippen LogP contribution in [0.15, 0.2) is 35.3 Å². The molecule has 1 aromatic carbocycles. The predicted octanol–water partition coefficient (Wildman–Crippen LogP) is 2.76. The van der Waals surface area contributed by atoms with E-state index < -0.39 is 11.2 Å². The summed E-state index contributed by atoms with van der Waals surface area (Å²) in [5.74, 6) is 0. The normalized spacial score (nSPS) is 29.2. The van der Waals surface area contributed by atoms with Crippen LogP contribution in [-0.2, 0) is 10.9 Å². The Bertz CT molecular complexity index is 425. The van der Waals surface area contributed by atoms with Crippen LogP contribution in [0.3, 0.4) is 0 Å². The molecule has 0 bridgehead atoms. The minimum atomic E-state index is -0.783. The van der Waals surface area contributed by atoms with Crippen molar-refractivity contribution in [2.45, 2.75) is 38.9 Å². The zero-order valence-corrected chi connectivity index (χ0v) is 10.2. The lowest BCUT2D eigenvalue weighted by Gasteiger charge is -2.33. The molecule has 1 atom stereocenters. The molecule has 1 aliphatic rings. The van der Waals surface area contributed by atoms with E-state index in [4.69, 9.17) is 0 Å². The Balaban J connectivity index is 2.50. The van der Waals surface area contributed by atoms with Gasteiger partial charge in [-0.25, -0.2) is 0 Å². The molecule has 0 amide bonds. The fourth-order valence-electron chi connectivity index (χ4n) is 2.14. The molecule has 0 spiro atoms. The number of hydrogen-bond donors (Lipinski definition) is 0. The molecular formula is C13H17N2O. The molecule has 16 heavy (non-hydrogen) atoms. The summed E-state index contributed by atoms with van der Waals surface area (Å²) < 4.78 is 0. The van der Waals surface area contributed by atoms with E-state index in [1.807, 2.05) is 58.0 Å². The molecule has 3 heteroatoms. The Morgan fingerprint density at radius 2 is 1.69 bits per heavy atom. The summed E-state index contributed by atoms with van der Waals surface area (Å²) in [5, 5.41) is 13.4. The number of hydroxylamine groups is 2. The zero-order chi connectivity index (χ0) is 12.0. The van der Waals surface area contributed by atoms with E-state index in [1.54, 1.807) is 0 Å². The second-order valence-electron chi connectivity index (χ2n) is 4.94. The summed E-state index contributed by atoms with van der Waals surface area (Å²) in [5.41, 5.74) is 0.517. The standard InChI is InChI=1S/C13H17N2O/c1-10-12(2,3)15(16)13(4,14-10)11-8-6-5-7-9-11/h5-9H,1-4H3. The maximum absolute atomic E-state index is 12.4. The van der Waals surface area contributed by atoms with Crippen LogP contribution in [0.4, 0.5) is 0 Å². The van der Waals surface area contributed by atoms with E-state index in [0.29, 0.717) is 0 Å². The van der Waals surface area contributed by atoms with E-state index in [2.05, 4.69) is 4.99 Å². The summed E-state index contributed by atoms with van der Waals surface area (Å²) in [6.07, 6.45) is 0. The Morgan fingerprint density at radius 1 is 1.12 bits per heavy atom. The van der Waals surface area contributed by atoms with Crippen LogP contribution < -0.4 is 0 Å². The van der Waals surface area contributed by atoms with Gasteiger partial charge in [0.15, 0.2) is 5.66 Å². The number of nitrogens with zero attached hydrogens (tertiary/aromatic N) is 2. The molecule has 1 heterocycles. The molecule has 3 nitrogen and oxygen atoms in total. The quantitative estimate of drug-likeness (QED) is 0.712. The lowest BCUT2D eigenvalue weighted by molar-refractivity contribution is -0.250. The summed E-state index contributed by atoms with van der Waals surface area (Å²) in [6.45, 7) is 7.60. The van der Waals surface area contributed by atoms with Crippen molar-refractivity contribution < 1.29 is 5.21 Å². The number of aliphatic imine (C=N–C) groups is 1. The first-order valence-corrected chi connectivity index (χ1v) is 5.49. The average Bonchev–Trinajstić information content (AvgIpc) is 2.42. The minimum absolute atomic E-state index is 0.523. The highest BCUT2D eigenvalue weighted by Gasteiger charge is 2.50. The van der Waals surface area contributed by atoms with E-state index in [0.717, 1.165) is 16.3 Å². The third-order valence-electron chi connectivity index (χ3n) is 3.49. The number of benzene rings is 1. The zero-order valence-electron chi connectivity index (χ0n) is 10.2. The molecule has 0 aromatic heterocycles. The van der Waals surface area contributed by atoms with Gasteiger partial charge in [-0.05, 0) is 33.3 Å². The van der Waals surface area contributed by atoms with Crippen LogP contribution in [0.1, 0.15) is 33.3 Å². The smallest absolute Gasteiger partial charge is 0.162 e. The molecule has 0 saturated heterocycles. The lowest BCUT2D eigenvalue weighted by atomic mass is 9.97. The van der Waals surface area contributed by atoms with Crippen molar-refractivity contribution in [2.24, 2.45) is 4.99 Å². The molecule has 1 unspecified atom stereocenters. The van der Waals surface area contributed by atoms with Crippen molar-refractivity contribution in [3.05, 3.63) is 35.9 Å². The van der Waals surface area contributed by atoms with Gasteiger partial charge in [0.2, 0.25) is 0 Å². The van der Waals surface area contributed by atoms with Crippen LogP contribution in [-0.4, -0.2) is 16.3 Å². The molecule has 1 radical (unpaired) electrons. The molecule has 0 aliphatic carbocycles. The summed E-state index contributed by atoms with van der Waals surface area (Å²) in [6, 6.07) is 9.71. The van der Waals surface area contributed by atoms with E-state index in [-0.39, 0.29) is 0 Å². The third-order valence-corrected chi connectivity index (χ3v) is 3.49. The Labute approximate surface area is 96.4 Å². The fourth-order valence-corrected chi connectivity index (χ4v) is 2.14. The van der Waals surface area contributed by atoms with Crippen LogP contribution in [0.2, 0.25) is 0 Å². The van der Waals surface area contributed by atoms with Crippen molar-refractivity contribution in [1.29, 1.82) is 0 Å². The van der Waals surface area contributed by atoms with Gasteiger partial charge < -0.3 is 0 Å². The summed E-state index contributed by atoms with van der Waals surface area (Å²) in [7, 11) is 0. The summed E-state index contributed by atoms with van der Waals surface area (Å²) >= 11 is 0. The van der Waals surface area contributed by atoms with Gasteiger partial charge in [0, 0.05) is 5.71 Å². The SMILES string of the molecule is CC1=NC(C)(c2ccccc2)N([O])C1(C)C. The maximum Gasteiger partial charge on any atom is 0.162 e. The van der Waals surface area contributed by atoms with Crippen LogP contribution >= 0.6 is 0 Å². The Morgan fingerprint density at radius 3 is 2.12 bits per heavy atom. The number of hydrogen-bond acceptors (Lipinski definition) is 2. The molecule has 0 fully saturated rings. The molecule has 2 rings (SSSR count). The highest BCUT2D eigenvalue weighted by Crippen LogP contribution is 2.40. The van der Waals surface area contributed by atoms with E-state index in [1.165, 1.54) is 0 Å². The van der Waals surface area contributed by atoms with Crippen molar-refractivity contribution in [3.63, 3.8) is 0 Å². The van der Waals surface area contributed by atoms with Gasteiger partial charge in [-0.1, -0.05) is 30.3 Å². The summed E-state index contributed by atoms with van der Waals surface area (Å²) in [4.78, 5) is 4.55. The fraction of sp³-hybridized carbons (Fsp3) is 0.462. The topological polar surface area (TPSA) is 35.5 Å². The van der Waals surface area contributed by atoms with E-state index >= 15 is 0 Å². The van der Waals surface area contributed by atoms with Gasteiger partial charge >= 0.3 is 0 Å². The van der Waals surface area contributed by atoms with Crippen molar-refractivity contribution in [2.75, 3.05) is 0 Å². The van der Waals surface area contributed by atoms with Crippen LogP contribution in [0.5, 0.6) is 0 Å². The van der Waals surface area contributed by atoms with Gasteiger partial charge in [0.25, 0.3) is 0 Å². The number of rotatable bonds is 1.